The van der Waals surface area contributed by atoms with E-state index < -0.39 is 0 Å². The van der Waals surface area contributed by atoms with Crippen molar-refractivity contribution in [3.63, 3.8) is 0 Å². The van der Waals surface area contributed by atoms with Gasteiger partial charge in [-0.3, -0.25) is 4.79 Å². The van der Waals surface area contributed by atoms with E-state index in [-0.39, 0.29) is 11.9 Å². The lowest BCUT2D eigenvalue weighted by Gasteiger charge is -2.31. The number of hydrogen-bond acceptors (Lipinski definition) is 3. The van der Waals surface area contributed by atoms with Gasteiger partial charge in [-0.2, -0.15) is 0 Å². The maximum absolute atomic E-state index is 12.9. The van der Waals surface area contributed by atoms with E-state index in [1.807, 2.05) is 23.9 Å². The maximum atomic E-state index is 12.9. The van der Waals surface area contributed by atoms with Gasteiger partial charge in [-0.1, -0.05) is 55.5 Å². The van der Waals surface area contributed by atoms with Crippen molar-refractivity contribution in [1.82, 2.24) is 9.80 Å². The molecule has 0 unspecified atom stereocenters. The highest BCUT2D eigenvalue weighted by atomic mass is 32.2. The van der Waals surface area contributed by atoms with Gasteiger partial charge < -0.3 is 9.80 Å². The van der Waals surface area contributed by atoms with Crippen LogP contribution in [-0.2, 0) is 4.79 Å². The van der Waals surface area contributed by atoms with Crippen molar-refractivity contribution in [2.45, 2.75) is 30.7 Å². The molecular formula is C22H28N2OS. The number of nitrogens with zero attached hydrogens (tertiary/aromatic N) is 2. The molecule has 0 radical (unpaired) electrons. The van der Waals surface area contributed by atoms with Crippen LogP contribution in [0.25, 0.3) is 0 Å². The Morgan fingerprint density at radius 2 is 1.65 bits per heavy atom. The smallest absolute Gasteiger partial charge is 0.224 e. The van der Waals surface area contributed by atoms with Crippen molar-refractivity contribution in [3.05, 3.63) is 66.2 Å². The molecule has 0 spiro atoms. The molecule has 138 valence electrons. The Hall–Kier alpha value is -1.78. The Labute approximate surface area is 161 Å². The summed E-state index contributed by atoms with van der Waals surface area (Å²) in [6, 6.07) is 21.1. The van der Waals surface area contributed by atoms with Crippen molar-refractivity contribution >= 4 is 17.7 Å². The molecule has 4 heteroatoms. The molecule has 0 saturated carbocycles. The van der Waals surface area contributed by atoms with Gasteiger partial charge in [0.05, 0.1) is 6.04 Å². The maximum Gasteiger partial charge on any atom is 0.224 e. The summed E-state index contributed by atoms with van der Waals surface area (Å²) in [6.07, 6.45) is 1.76. The zero-order valence-corrected chi connectivity index (χ0v) is 16.3. The van der Waals surface area contributed by atoms with Crippen molar-refractivity contribution in [3.8, 4) is 0 Å². The number of amides is 1. The average Bonchev–Trinajstić information content (AvgIpc) is 2.86. The molecule has 0 aromatic heterocycles. The van der Waals surface area contributed by atoms with Crippen LogP contribution in [0.15, 0.2) is 65.6 Å². The first kappa shape index (κ1) is 19.0. The fourth-order valence-corrected chi connectivity index (χ4v) is 4.56. The predicted molar refractivity (Wildman–Crippen MR) is 109 cm³/mol. The molecule has 1 saturated heterocycles. The van der Waals surface area contributed by atoms with Crippen LogP contribution >= 0.6 is 11.8 Å². The van der Waals surface area contributed by atoms with Gasteiger partial charge >= 0.3 is 0 Å². The van der Waals surface area contributed by atoms with E-state index in [1.165, 1.54) is 10.5 Å². The predicted octanol–water partition coefficient (Wildman–Crippen LogP) is 4.46. The third-order valence-electron chi connectivity index (χ3n) is 4.87. The molecule has 3 rings (SSSR count). The second-order valence-corrected chi connectivity index (χ2v) is 7.82. The summed E-state index contributed by atoms with van der Waals surface area (Å²) in [4.78, 5) is 18.7. The van der Waals surface area contributed by atoms with Crippen molar-refractivity contribution in [2.24, 2.45) is 0 Å². The molecule has 1 heterocycles. The number of rotatable bonds is 7. The Kier molecular flexibility index (Phi) is 7.15. The fourth-order valence-electron chi connectivity index (χ4n) is 3.49. The third kappa shape index (κ3) is 5.12. The van der Waals surface area contributed by atoms with Gasteiger partial charge in [0.25, 0.3) is 0 Å². The number of thioether (sulfide) groups is 1. The van der Waals surface area contributed by atoms with Crippen molar-refractivity contribution in [1.29, 1.82) is 0 Å². The molecular weight excluding hydrogens is 340 g/mol. The number of benzene rings is 2. The highest BCUT2D eigenvalue weighted by molar-refractivity contribution is 7.99. The van der Waals surface area contributed by atoms with Crippen LogP contribution in [0.5, 0.6) is 0 Å². The van der Waals surface area contributed by atoms with E-state index in [0.29, 0.717) is 6.42 Å². The Bertz CT molecular complexity index is 677. The van der Waals surface area contributed by atoms with E-state index in [2.05, 4.69) is 65.3 Å². The largest absolute Gasteiger partial charge is 0.333 e. The molecule has 0 aliphatic carbocycles. The van der Waals surface area contributed by atoms with Crippen molar-refractivity contribution in [2.75, 3.05) is 31.9 Å². The molecule has 3 nitrogen and oxygen atoms in total. The number of carbonyl (C=O) groups excluding carboxylic acids is 1. The lowest BCUT2D eigenvalue weighted by molar-refractivity contribution is -0.132. The molecule has 0 bridgehead atoms. The normalized spacial score (nSPS) is 17.1. The van der Waals surface area contributed by atoms with E-state index in [9.17, 15) is 4.79 Å². The Balaban J connectivity index is 1.77. The summed E-state index contributed by atoms with van der Waals surface area (Å²) < 4.78 is 0. The van der Waals surface area contributed by atoms with Crippen LogP contribution < -0.4 is 0 Å². The lowest BCUT2D eigenvalue weighted by atomic mass is 10.1. The van der Waals surface area contributed by atoms with Gasteiger partial charge in [0.1, 0.15) is 0 Å². The summed E-state index contributed by atoms with van der Waals surface area (Å²) in [6.45, 7) is 5.95. The standard InChI is InChI=1S/C22H28N2OS/c1-2-14-23-15-13-22(25)24(17-16-23)21(19-9-5-3-6-10-19)18-26-20-11-7-4-8-12-20/h3-12,21H,2,13-18H2,1H3/t21-/m1/s1. The molecule has 1 atom stereocenters. The molecule has 1 amide bonds. The first-order chi connectivity index (χ1) is 12.8. The molecule has 1 aliphatic heterocycles. The minimum absolute atomic E-state index is 0.121. The molecule has 26 heavy (non-hydrogen) atoms. The molecule has 1 aliphatic rings. The number of carbonyl (C=O) groups is 1. The second kappa shape index (κ2) is 9.79. The summed E-state index contributed by atoms with van der Waals surface area (Å²) in [5, 5.41) is 0. The van der Waals surface area contributed by atoms with E-state index in [1.54, 1.807) is 0 Å². The second-order valence-electron chi connectivity index (χ2n) is 6.73. The highest BCUT2D eigenvalue weighted by Gasteiger charge is 2.28. The molecule has 2 aromatic rings. The first-order valence-corrected chi connectivity index (χ1v) is 10.5. The fraction of sp³-hybridized carbons (Fsp3) is 0.409. The van der Waals surface area contributed by atoms with Gasteiger partial charge in [-0.05, 0) is 30.7 Å². The number of hydrogen-bond donors (Lipinski definition) is 0. The average molecular weight is 369 g/mol. The molecule has 1 fully saturated rings. The minimum Gasteiger partial charge on any atom is -0.333 e. The highest BCUT2D eigenvalue weighted by Crippen LogP contribution is 2.30. The minimum atomic E-state index is 0.121. The monoisotopic (exact) mass is 368 g/mol. The van der Waals surface area contributed by atoms with Gasteiger partial charge in [0.2, 0.25) is 5.91 Å². The zero-order chi connectivity index (χ0) is 18.2. The van der Waals surface area contributed by atoms with Crippen LogP contribution in [0, 0.1) is 0 Å². The van der Waals surface area contributed by atoms with Crippen LogP contribution in [0.2, 0.25) is 0 Å². The van der Waals surface area contributed by atoms with Gasteiger partial charge in [0.15, 0.2) is 0 Å². The van der Waals surface area contributed by atoms with E-state index in [4.69, 9.17) is 0 Å². The molecule has 0 N–H and O–H groups in total. The topological polar surface area (TPSA) is 23.6 Å². The first-order valence-electron chi connectivity index (χ1n) is 9.52. The van der Waals surface area contributed by atoms with E-state index >= 15 is 0 Å². The molecule has 2 aromatic carbocycles. The van der Waals surface area contributed by atoms with Crippen LogP contribution in [-0.4, -0.2) is 47.6 Å². The summed E-state index contributed by atoms with van der Waals surface area (Å²) in [5.41, 5.74) is 1.23. The van der Waals surface area contributed by atoms with E-state index in [0.717, 1.165) is 38.4 Å². The Morgan fingerprint density at radius 3 is 2.35 bits per heavy atom. The zero-order valence-electron chi connectivity index (χ0n) is 15.5. The SMILES string of the molecule is CCCN1CCC(=O)N([C@H](CSc2ccccc2)c2ccccc2)CC1. The van der Waals surface area contributed by atoms with Gasteiger partial charge in [-0.25, -0.2) is 0 Å². The summed E-state index contributed by atoms with van der Waals surface area (Å²) in [5.74, 6) is 1.17. The quantitative estimate of drug-likeness (QED) is 0.674. The third-order valence-corrected chi connectivity index (χ3v) is 5.96. The van der Waals surface area contributed by atoms with Crippen LogP contribution in [0.1, 0.15) is 31.4 Å². The Morgan fingerprint density at radius 1 is 0.962 bits per heavy atom. The summed E-state index contributed by atoms with van der Waals surface area (Å²) in [7, 11) is 0. The van der Waals surface area contributed by atoms with Crippen LogP contribution in [0.3, 0.4) is 0 Å². The van der Waals surface area contributed by atoms with Crippen LogP contribution in [0.4, 0.5) is 0 Å². The lowest BCUT2D eigenvalue weighted by Crippen LogP contribution is -2.37. The van der Waals surface area contributed by atoms with Gasteiger partial charge in [-0.15, -0.1) is 11.8 Å². The van der Waals surface area contributed by atoms with Crippen molar-refractivity contribution < 1.29 is 4.79 Å². The summed E-state index contributed by atoms with van der Waals surface area (Å²) >= 11 is 1.83. The van der Waals surface area contributed by atoms with Gasteiger partial charge in [0, 0.05) is 36.7 Å².